The zero-order valence-corrected chi connectivity index (χ0v) is 14.5. The van der Waals surface area contributed by atoms with Crippen LogP contribution in [0.25, 0.3) is 0 Å². The summed E-state index contributed by atoms with van der Waals surface area (Å²) in [6, 6.07) is 9.34. The molecule has 0 spiro atoms. The van der Waals surface area contributed by atoms with E-state index in [2.05, 4.69) is 4.98 Å². The van der Waals surface area contributed by atoms with Crippen molar-refractivity contribution < 1.29 is 19.1 Å². The summed E-state index contributed by atoms with van der Waals surface area (Å²) in [6.45, 7) is 1.72. The standard InChI is InChI=1S/C16H19N2O6P/c1-11-8-18(15(20)17-14(11)19)16(12-5-3-2-4-6-12)7-13(16)9-24-10-25(21,22)23/h2-6,8,13H,7,9-10H2,1H3,(H,17,19,20)(H2,21,22,23)/t13-,16+/m1/s1. The SMILES string of the molecule is Cc1cn([C@]2(c3ccccc3)C[C@@H]2COCP(=O)(O)O)c(=O)[nH]c1=O. The van der Waals surface area contributed by atoms with E-state index in [0.29, 0.717) is 12.0 Å². The highest BCUT2D eigenvalue weighted by molar-refractivity contribution is 7.51. The average molecular weight is 366 g/mol. The molecule has 0 bridgehead atoms. The zero-order valence-electron chi connectivity index (χ0n) is 13.6. The average Bonchev–Trinajstić information content (AvgIpc) is 3.26. The lowest BCUT2D eigenvalue weighted by atomic mass is 10.0. The number of aromatic nitrogens is 2. The lowest BCUT2D eigenvalue weighted by molar-refractivity contribution is 0.139. The van der Waals surface area contributed by atoms with Crippen molar-refractivity contribution >= 4 is 7.60 Å². The molecule has 2 aromatic rings. The number of aryl methyl sites for hydroxylation is 1. The molecule has 9 heteroatoms. The van der Waals surface area contributed by atoms with Crippen molar-refractivity contribution in [1.29, 1.82) is 0 Å². The van der Waals surface area contributed by atoms with Crippen LogP contribution in [0.3, 0.4) is 0 Å². The van der Waals surface area contributed by atoms with Crippen LogP contribution in [0.5, 0.6) is 0 Å². The molecule has 134 valence electrons. The van der Waals surface area contributed by atoms with Crippen molar-refractivity contribution in [1.82, 2.24) is 9.55 Å². The van der Waals surface area contributed by atoms with Gasteiger partial charge in [0.2, 0.25) is 0 Å². The number of benzene rings is 1. The van der Waals surface area contributed by atoms with E-state index in [1.165, 1.54) is 10.8 Å². The van der Waals surface area contributed by atoms with E-state index in [9.17, 15) is 14.2 Å². The van der Waals surface area contributed by atoms with Crippen LogP contribution in [0.2, 0.25) is 0 Å². The minimum atomic E-state index is -4.24. The number of nitrogens with zero attached hydrogens (tertiary/aromatic N) is 1. The van der Waals surface area contributed by atoms with Gasteiger partial charge >= 0.3 is 13.3 Å². The van der Waals surface area contributed by atoms with E-state index in [0.717, 1.165) is 5.56 Å². The number of hydrogen-bond acceptors (Lipinski definition) is 4. The van der Waals surface area contributed by atoms with Gasteiger partial charge < -0.3 is 14.5 Å². The Hall–Kier alpha value is -1.99. The first-order valence-electron chi connectivity index (χ1n) is 7.75. The molecule has 1 aliphatic carbocycles. The lowest BCUT2D eigenvalue weighted by Crippen LogP contribution is -2.39. The van der Waals surface area contributed by atoms with E-state index in [1.54, 1.807) is 6.92 Å². The van der Waals surface area contributed by atoms with Crippen molar-refractivity contribution in [2.45, 2.75) is 18.9 Å². The molecule has 0 saturated heterocycles. The predicted octanol–water partition coefficient (Wildman–Crippen LogP) is 0.760. The molecule has 0 radical (unpaired) electrons. The van der Waals surface area contributed by atoms with Gasteiger partial charge in [0.05, 0.1) is 12.1 Å². The molecule has 1 aromatic heterocycles. The molecule has 0 unspecified atom stereocenters. The van der Waals surface area contributed by atoms with E-state index < -0.39 is 30.7 Å². The molecule has 1 heterocycles. The first kappa shape index (κ1) is 17.8. The van der Waals surface area contributed by atoms with Crippen LogP contribution in [0.15, 0.2) is 46.1 Å². The van der Waals surface area contributed by atoms with Gasteiger partial charge in [-0.3, -0.25) is 18.9 Å². The van der Waals surface area contributed by atoms with Crippen LogP contribution >= 0.6 is 7.60 Å². The van der Waals surface area contributed by atoms with Gasteiger partial charge in [0.1, 0.15) is 6.35 Å². The fraction of sp³-hybridized carbons (Fsp3) is 0.375. The zero-order chi connectivity index (χ0) is 18.2. The van der Waals surface area contributed by atoms with Crippen molar-refractivity contribution in [2.75, 3.05) is 13.0 Å². The Morgan fingerprint density at radius 2 is 2.00 bits per heavy atom. The molecular formula is C16H19N2O6P. The summed E-state index contributed by atoms with van der Waals surface area (Å²) in [5.74, 6) is -0.135. The Morgan fingerprint density at radius 3 is 2.64 bits per heavy atom. The summed E-state index contributed by atoms with van der Waals surface area (Å²) >= 11 is 0. The highest BCUT2D eigenvalue weighted by Crippen LogP contribution is 2.54. The lowest BCUT2D eigenvalue weighted by Gasteiger charge is -2.22. The summed E-state index contributed by atoms with van der Waals surface area (Å²) in [6.07, 6.45) is 1.44. The van der Waals surface area contributed by atoms with Gasteiger partial charge in [0, 0.05) is 17.7 Å². The third-order valence-electron chi connectivity index (χ3n) is 4.48. The monoisotopic (exact) mass is 366 g/mol. The number of aromatic amines is 1. The number of rotatable bonds is 6. The maximum absolute atomic E-state index is 12.4. The van der Waals surface area contributed by atoms with Gasteiger partial charge in [0.15, 0.2) is 0 Å². The molecule has 1 saturated carbocycles. The Labute approximate surface area is 143 Å². The van der Waals surface area contributed by atoms with Crippen molar-refractivity contribution in [3.63, 3.8) is 0 Å². The molecule has 0 aliphatic heterocycles. The molecule has 8 nitrogen and oxygen atoms in total. The normalized spacial score (nSPS) is 22.8. The summed E-state index contributed by atoms with van der Waals surface area (Å²) in [4.78, 5) is 44.2. The van der Waals surface area contributed by atoms with Crippen LogP contribution in [0.1, 0.15) is 17.5 Å². The molecule has 1 aromatic carbocycles. The largest absolute Gasteiger partial charge is 0.368 e. The van der Waals surface area contributed by atoms with E-state index in [1.807, 2.05) is 30.3 Å². The molecule has 1 fully saturated rings. The van der Waals surface area contributed by atoms with E-state index >= 15 is 0 Å². The first-order chi connectivity index (χ1) is 11.7. The van der Waals surface area contributed by atoms with Gasteiger partial charge in [-0.1, -0.05) is 30.3 Å². The number of nitrogens with one attached hydrogen (secondary N) is 1. The summed E-state index contributed by atoms with van der Waals surface area (Å²) in [5, 5.41) is 0. The minimum Gasteiger partial charge on any atom is -0.368 e. The fourth-order valence-corrected chi connectivity index (χ4v) is 3.55. The fourth-order valence-electron chi connectivity index (χ4n) is 3.21. The second-order valence-corrected chi connectivity index (χ2v) is 7.88. The Morgan fingerprint density at radius 1 is 1.32 bits per heavy atom. The third kappa shape index (κ3) is 3.52. The van der Waals surface area contributed by atoms with E-state index in [4.69, 9.17) is 14.5 Å². The summed E-state index contributed by atoms with van der Waals surface area (Å²) in [5.41, 5.74) is -0.344. The first-order valence-corrected chi connectivity index (χ1v) is 9.55. The summed E-state index contributed by atoms with van der Waals surface area (Å²) in [7, 11) is -4.24. The van der Waals surface area contributed by atoms with Crippen LogP contribution in [0, 0.1) is 12.8 Å². The molecule has 3 rings (SSSR count). The molecule has 1 aliphatic rings. The van der Waals surface area contributed by atoms with Crippen LogP contribution < -0.4 is 11.2 Å². The van der Waals surface area contributed by atoms with Gasteiger partial charge in [-0.05, 0) is 18.9 Å². The molecular weight excluding hydrogens is 347 g/mol. The van der Waals surface area contributed by atoms with Crippen molar-refractivity contribution in [2.24, 2.45) is 5.92 Å². The maximum Gasteiger partial charge on any atom is 0.350 e. The van der Waals surface area contributed by atoms with Crippen LogP contribution in [-0.2, 0) is 14.8 Å². The minimum absolute atomic E-state index is 0.102. The smallest absolute Gasteiger partial charge is 0.350 e. The third-order valence-corrected chi connectivity index (χ3v) is 4.99. The molecule has 0 amide bonds. The van der Waals surface area contributed by atoms with Crippen molar-refractivity contribution in [3.05, 3.63) is 68.5 Å². The highest BCUT2D eigenvalue weighted by atomic mass is 31.2. The second-order valence-electron chi connectivity index (χ2n) is 6.30. The van der Waals surface area contributed by atoms with E-state index in [-0.39, 0.29) is 12.5 Å². The topological polar surface area (TPSA) is 122 Å². The maximum atomic E-state index is 12.4. The number of ether oxygens (including phenoxy) is 1. The number of hydrogen-bond donors (Lipinski definition) is 3. The summed E-state index contributed by atoms with van der Waals surface area (Å²) < 4.78 is 17.6. The van der Waals surface area contributed by atoms with Gasteiger partial charge in [-0.2, -0.15) is 0 Å². The molecule has 25 heavy (non-hydrogen) atoms. The number of H-pyrrole nitrogens is 1. The van der Waals surface area contributed by atoms with Gasteiger partial charge in [-0.15, -0.1) is 0 Å². The van der Waals surface area contributed by atoms with Crippen molar-refractivity contribution in [3.8, 4) is 0 Å². The quantitative estimate of drug-likeness (QED) is 0.649. The van der Waals surface area contributed by atoms with Crippen LogP contribution in [0.4, 0.5) is 0 Å². The molecule has 2 atom stereocenters. The Balaban J connectivity index is 1.97. The van der Waals surface area contributed by atoms with Gasteiger partial charge in [-0.25, -0.2) is 4.79 Å². The van der Waals surface area contributed by atoms with Gasteiger partial charge in [0.25, 0.3) is 5.56 Å². The highest BCUT2D eigenvalue weighted by Gasteiger charge is 2.57. The van der Waals surface area contributed by atoms with Crippen LogP contribution in [-0.4, -0.2) is 32.3 Å². The second kappa shape index (κ2) is 6.38. The predicted molar refractivity (Wildman–Crippen MR) is 90.5 cm³/mol. The Kier molecular flexibility index (Phi) is 4.55. The Bertz CT molecular complexity index is 932. The molecule has 3 N–H and O–H groups in total.